The van der Waals surface area contributed by atoms with Crippen molar-refractivity contribution in [3.63, 3.8) is 0 Å². The first-order valence-electron chi connectivity index (χ1n) is 8.81. The van der Waals surface area contributed by atoms with Gasteiger partial charge in [0.05, 0.1) is 0 Å². The molecule has 0 unspecified atom stereocenters. The van der Waals surface area contributed by atoms with Gasteiger partial charge in [0.2, 0.25) is 0 Å². The molecule has 0 spiro atoms. The SMILES string of the molecule is CC(C)(C)c1ccc(C(=O)N2CCC(Cn3cccn3)CC2)cc1. The van der Waals surface area contributed by atoms with Crippen LogP contribution in [0.3, 0.4) is 0 Å². The van der Waals surface area contributed by atoms with Crippen LogP contribution in [-0.2, 0) is 12.0 Å². The number of nitrogens with zero attached hydrogens (tertiary/aromatic N) is 3. The van der Waals surface area contributed by atoms with Crippen LogP contribution >= 0.6 is 0 Å². The van der Waals surface area contributed by atoms with Crippen molar-refractivity contribution >= 4 is 5.91 Å². The fourth-order valence-corrected chi connectivity index (χ4v) is 3.29. The summed E-state index contributed by atoms with van der Waals surface area (Å²) in [4.78, 5) is 14.7. The Kier molecular flexibility index (Phi) is 4.74. The summed E-state index contributed by atoms with van der Waals surface area (Å²) in [6.07, 6.45) is 5.92. The van der Waals surface area contributed by atoms with E-state index in [9.17, 15) is 4.79 Å². The van der Waals surface area contributed by atoms with Crippen LogP contribution < -0.4 is 0 Å². The van der Waals surface area contributed by atoms with Crippen molar-refractivity contribution in [2.45, 2.75) is 45.6 Å². The molecule has 1 saturated heterocycles. The highest BCUT2D eigenvalue weighted by Crippen LogP contribution is 2.24. The van der Waals surface area contributed by atoms with Gasteiger partial charge in [0.25, 0.3) is 5.91 Å². The Morgan fingerprint density at radius 3 is 2.38 bits per heavy atom. The van der Waals surface area contributed by atoms with E-state index in [0.717, 1.165) is 38.0 Å². The number of hydrogen-bond donors (Lipinski definition) is 0. The monoisotopic (exact) mass is 325 g/mol. The van der Waals surface area contributed by atoms with Crippen LogP contribution in [0.5, 0.6) is 0 Å². The van der Waals surface area contributed by atoms with E-state index in [2.05, 4.69) is 38.0 Å². The van der Waals surface area contributed by atoms with Gasteiger partial charge in [0, 0.05) is 37.6 Å². The molecule has 1 amide bonds. The first-order valence-corrected chi connectivity index (χ1v) is 8.81. The molecular formula is C20H27N3O. The van der Waals surface area contributed by atoms with Crippen LogP contribution in [0.4, 0.5) is 0 Å². The summed E-state index contributed by atoms with van der Waals surface area (Å²) in [5.41, 5.74) is 2.18. The maximum Gasteiger partial charge on any atom is 0.253 e. The summed E-state index contributed by atoms with van der Waals surface area (Å²) in [5, 5.41) is 4.28. The number of carbonyl (C=O) groups excluding carboxylic acids is 1. The lowest BCUT2D eigenvalue weighted by atomic mass is 9.86. The minimum Gasteiger partial charge on any atom is -0.339 e. The van der Waals surface area contributed by atoms with Gasteiger partial charge in [-0.1, -0.05) is 32.9 Å². The van der Waals surface area contributed by atoms with Gasteiger partial charge in [-0.3, -0.25) is 9.48 Å². The lowest BCUT2D eigenvalue weighted by Crippen LogP contribution is -2.39. The Morgan fingerprint density at radius 2 is 1.83 bits per heavy atom. The highest BCUT2D eigenvalue weighted by Gasteiger charge is 2.24. The van der Waals surface area contributed by atoms with E-state index in [1.165, 1.54) is 5.56 Å². The molecule has 0 radical (unpaired) electrons. The van der Waals surface area contributed by atoms with Gasteiger partial charge in [0.15, 0.2) is 0 Å². The number of benzene rings is 1. The molecule has 0 N–H and O–H groups in total. The highest BCUT2D eigenvalue weighted by molar-refractivity contribution is 5.94. The average Bonchev–Trinajstić information content (AvgIpc) is 3.07. The van der Waals surface area contributed by atoms with Crippen LogP contribution in [0.2, 0.25) is 0 Å². The zero-order chi connectivity index (χ0) is 17.2. The van der Waals surface area contributed by atoms with Crippen molar-refractivity contribution in [3.05, 3.63) is 53.9 Å². The molecule has 1 aromatic heterocycles. The largest absolute Gasteiger partial charge is 0.339 e. The first kappa shape index (κ1) is 16.7. The third-order valence-electron chi connectivity index (χ3n) is 4.90. The van der Waals surface area contributed by atoms with E-state index in [-0.39, 0.29) is 11.3 Å². The molecule has 0 aliphatic carbocycles. The number of rotatable bonds is 3. The van der Waals surface area contributed by atoms with Gasteiger partial charge in [-0.2, -0.15) is 5.10 Å². The second-order valence-corrected chi connectivity index (χ2v) is 7.79. The quantitative estimate of drug-likeness (QED) is 0.862. The molecule has 0 saturated carbocycles. The van der Waals surface area contributed by atoms with Crippen LogP contribution in [0.15, 0.2) is 42.7 Å². The number of aromatic nitrogens is 2. The van der Waals surface area contributed by atoms with Gasteiger partial charge >= 0.3 is 0 Å². The zero-order valence-electron chi connectivity index (χ0n) is 14.9. The number of hydrogen-bond acceptors (Lipinski definition) is 2. The lowest BCUT2D eigenvalue weighted by Gasteiger charge is -2.32. The maximum atomic E-state index is 12.7. The standard InChI is InChI=1S/C20H27N3O/c1-20(2,3)18-7-5-17(6-8-18)19(24)22-13-9-16(10-14-22)15-23-12-4-11-21-23/h4-8,11-12,16H,9-10,13-15H2,1-3H3. The Balaban J connectivity index is 1.57. The number of piperidine rings is 1. The van der Waals surface area contributed by atoms with E-state index in [1.54, 1.807) is 0 Å². The molecule has 1 aromatic carbocycles. The number of likely N-dealkylation sites (tertiary alicyclic amines) is 1. The molecule has 1 aliphatic heterocycles. The summed E-state index contributed by atoms with van der Waals surface area (Å²) in [5.74, 6) is 0.769. The molecule has 2 aromatic rings. The minimum atomic E-state index is 0.117. The van der Waals surface area contributed by atoms with Crippen molar-refractivity contribution in [3.8, 4) is 0 Å². The summed E-state index contributed by atoms with van der Waals surface area (Å²) in [6, 6.07) is 10.1. The molecular weight excluding hydrogens is 298 g/mol. The Bertz CT molecular complexity index is 660. The molecule has 4 nitrogen and oxygen atoms in total. The Morgan fingerprint density at radius 1 is 1.17 bits per heavy atom. The smallest absolute Gasteiger partial charge is 0.253 e. The highest BCUT2D eigenvalue weighted by atomic mass is 16.2. The summed E-state index contributed by atoms with van der Waals surface area (Å²) >= 11 is 0. The van der Waals surface area contributed by atoms with Crippen molar-refractivity contribution < 1.29 is 4.79 Å². The molecule has 1 aliphatic rings. The van der Waals surface area contributed by atoms with Gasteiger partial charge in [-0.25, -0.2) is 0 Å². The molecule has 4 heteroatoms. The van der Waals surface area contributed by atoms with Gasteiger partial charge < -0.3 is 4.90 Å². The van der Waals surface area contributed by atoms with E-state index in [1.807, 2.05) is 40.2 Å². The van der Waals surface area contributed by atoms with Crippen molar-refractivity contribution in [2.24, 2.45) is 5.92 Å². The van der Waals surface area contributed by atoms with Crippen LogP contribution in [0.1, 0.15) is 49.5 Å². The fraction of sp³-hybridized carbons (Fsp3) is 0.500. The van der Waals surface area contributed by atoms with Crippen LogP contribution in [0.25, 0.3) is 0 Å². The van der Waals surface area contributed by atoms with E-state index in [4.69, 9.17) is 0 Å². The zero-order valence-corrected chi connectivity index (χ0v) is 14.9. The molecule has 2 heterocycles. The average molecular weight is 325 g/mol. The number of carbonyl (C=O) groups is 1. The maximum absolute atomic E-state index is 12.7. The summed E-state index contributed by atoms with van der Waals surface area (Å²) in [7, 11) is 0. The van der Waals surface area contributed by atoms with Gasteiger partial charge in [-0.05, 0) is 47.9 Å². The van der Waals surface area contributed by atoms with Crippen molar-refractivity contribution in [2.75, 3.05) is 13.1 Å². The second kappa shape index (κ2) is 6.80. The molecule has 24 heavy (non-hydrogen) atoms. The molecule has 128 valence electrons. The lowest BCUT2D eigenvalue weighted by molar-refractivity contribution is 0.0681. The molecule has 0 atom stereocenters. The Labute approximate surface area is 144 Å². The Hall–Kier alpha value is -2.10. The van der Waals surface area contributed by atoms with Crippen LogP contribution in [0, 0.1) is 5.92 Å². The third-order valence-corrected chi connectivity index (χ3v) is 4.90. The molecule has 1 fully saturated rings. The van der Waals surface area contributed by atoms with E-state index in [0.29, 0.717) is 5.92 Å². The fourth-order valence-electron chi connectivity index (χ4n) is 3.29. The minimum absolute atomic E-state index is 0.117. The first-order chi connectivity index (χ1) is 11.4. The molecule has 0 bridgehead atoms. The predicted octanol–water partition coefficient (Wildman–Crippen LogP) is 3.73. The van der Waals surface area contributed by atoms with Crippen molar-refractivity contribution in [1.82, 2.24) is 14.7 Å². The second-order valence-electron chi connectivity index (χ2n) is 7.79. The van der Waals surface area contributed by atoms with Gasteiger partial charge in [0.1, 0.15) is 0 Å². The third kappa shape index (κ3) is 3.86. The van der Waals surface area contributed by atoms with E-state index < -0.39 is 0 Å². The topological polar surface area (TPSA) is 38.1 Å². The van der Waals surface area contributed by atoms with Gasteiger partial charge in [-0.15, -0.1) is 0 Å². The predicted molar refractivity (Wildman–Crippen MR) is 96.0 cm³/mol. The molecule has 3 rings (SSSR count). The summed E-state index contributed by atoms with van der Waals surface area (Å²) in [6.45, 7) is 9.20. The number of amides is 1. The van der Waals surface area contributed by atoms with Crippen LogP contribution in [-0.4, -0.2) is 33.7 Å². The summed E-state index contributed by atoms with van der Waals surface area (Å²) < 4.78 is 1.99. The van der Waals surface area contributed by atoms with E-state index >= 15 is 0 Å². The normalized spacial score (nSPS) is 16.4. The van der Waals surface area contributed by atoms with Crippen molar-refractivity contribution in [1.29, 1.82) is 0 Å².